The molecule has 0 fully saturated rings. The Labute approximate surface area is 211 Å². The Hall–Kier alpha value is -1.44. The summed E-state index contributed by atoms with van der Waals surface area (Å²) in [6.45, 7) is 21.2. The highest BCUT2D eigenvalue weighted by molar-refractivity contribution is 5.74. The van der Waals surface area contributed by atoms with Gasteiger partial charge in [-0.15, -0.1) is 0 Å². The third kappa shape index (κ3) is 9.31. The Kier molecular flexibility index (Phi) is 10.6. The molecule has 0 atom stereocenters. The smallest absolute Gasteiger partial charge is 0.128 e. The van der Waals surface area contributed by atoms with E-state index in [1.54, 1.807) is 0 Å². The first kappa shape index (κ1) is 28.8. The van der Waals surface area contributed by atoms with Crippen molar-refractivity contribution in [3.8, 4) is 11.5 Å². The van der Waals surface area contributed by atoms with Crippen LogP contribution in [0.4, 0.5) is 0 Å². The molecule has 0 unspecified atom stereocenters. The second kappa shape index (κ2) is 12.5. The van der Waals surface area contributed by atoms with Gasteiger partial charge in [0.05, 0.1) is 6.61 Å². The van der Waals surface area contributed by atoms with E-state index in [2.05, 4.69) is 80.5 Å². The van der Waals surface area contributed by atoms with Crippen LogP contribution in [0.2, 0.25) is 0 Å². The summed E-state index contributed by atoms with van der Waals surface area (Å²) in [5, 5.41) is 0. The number of rotatable bonds is 14. The molecule has 0 saturated heterocycles. The zero-order valence-corrected chi connectivity index (χ0v) is 24.0. The van der Waals surface area contributed by atoms with Crippen molar-refractivity contribution < 1.29 is 9.47 Å². The lowest BCUT2D eigenvalue weighted by atomic mass is 9.71. The van der Waals surface area contributed by atoms with Crippen LogP contribution in [0.15, 0.2) is 18.2 Å². The molecule has 0 N–H and O–H groups in total. The molecule has 0 bridgehead atoms. The predicted molar refractivity (Wildman–Crippen MR) is 149 cm³/mol. The number of fused-ring (bicyclic) bond motifs is 1. The van der Waals surface area contributed by atoms with Gasteiger partial charge in [-0.05, 0) is 68.2 Å². The summed E-state index contributed by atoms with van der Waals surface area (Å²) in [6.07, 6.45) is 16.8. The summed E-state index contributed by atoms with van der Waals surface area (Å²) in [5.41, 5.74) is 3.69. The van der Waals surface area contributed by atoms with Crippen LogP contribution in [0.1, 0.15) is 144 Å². The molecule has 0 spiro atoms. The Bertz CT molecular complexity index is 792. The maximum Gasteiger partial charge on any atom is 0.128 e. The first-order valence-electron chi connectivity index (χ1n) is 14.0. The highest BCUT2D eigenvalue weighted by atomic mass is 16.5. The minimum absolute atomic E-state index is 0.00293. The topological polar surface area (TPSA) is 18.5 Å². The molecule has 1 heterocycles. The lowest BCUT2D eigenvalue weighted by Crippen LogP contribution is -2.30. The number of hydrogen-bond donors (Lipinski definition) is 0. The van der Waals surface area contributed by atoms with Gasteiger partial charge in [0.1, 0.15) is 17.1 Å². The van der Waals surface area contributed by atoms with Gasteiger partial charge in [-0.25, -0.2) is 0 Å². The number of ether oxygens (including phenoxy) is 2. The number of unbranched alkanes of at least 4 members (excludes halogenated alkanes) is 9. The fraction of sp³-hybridized carbons (Fsp3) is 0.750. The van der Waals surface area contributed by atoms with Gasteiger partial charge in [0.15, 0.2) is 0 Å². The summed E-state index contributed by atoms with van der Waals surface area (Å²) in [7, 11) is 0. The van der Waals surface area contributed by atoms with Gasteiger partial charge in [0.25, 0.3) is 0 Å². The van der Waals surface area contributed by atoms with Crippen LogP contribution < -0.4 is 9.47 Å². The average molecular weight is 471 g/mol. The summed E-state index contributed by atoms with van der Waals surface area (Å²) in [6, 6.07) is 4.51. The average Bonchev–Trinajstić information content (AvgIpc) is 2.69. The van der Waals surface area contributed by atoms with Crippen LogP contribution >= 0.6 is 0 Å². The largest absolute Gasteiger partial charge is 0.493 e. The van der Waals surface area contributed by atoms with Crippen LogP contribution in [0, 0.1) is 5.41 Å². The van der Waals surface area contributed by atoms with Gasteiger partial charge in [-0.1, -0.05) is 99.3 Å². The first-order valence-corrected chi connectivity index (χ1v) is 14.0. The monoisotopic (exact) mass is 470 g/mol. The Morgan fingerprint density at radius 2 is 1.38 bits per heavy atom. The van der Waals surface area contributed by atoms with E-state index >= 15 is 0 Å². The maximum atomic E-state index is 6.49. The first-order chi connectivity index (χ1) is 15.8. The van der Waals surface area contributed by atoms with Crippen molar-refractivity contribution in [2.45, 2.75) is 144 Å². The molecule has 0 aromatic heterocycles. The molecular formula is C32H54O2. The summed E-state index contributed by atoms with van der Waals surface area (Å²) >= 11 is 0. The van der Waals surface area contributed by atoms with Crippen molar-refractivity contribution in [1.82, 2.24) is 0 Å². The Morgan fingerprint density at radius 1 is 0.824 bits per heavy atom. The molecule has 1 aliphatic heterocycles. The van der Waals surface area contributed by atoms with Gasteiger partial charge < -0.3 is 9.47 Å². The molecule has 2 nitrogen and oxygen atoms in total. The number of hydrogen-bond acceptors (Lipinski definition) is 2. The highest BCUT2D eigenvalue weighted by Crippen LogP contribution is 2.46. The van der Waals surface area contributed by atoms with Crippen molar-refractivity contribution in [2.75, 3.05) is 6.61 Å². The fourth-order valence-corrected chi connectivity index (χ4v) is 5.71. The van der Waals surface area contributed by atoms with E-state index in [0.717, 1.165) is 30.9 Å². The van der Waals surface area contributed by atoms with Crippen molar-refractivity contribution in [3.63, 3.8) is 0 Å². The zero-order chi connectivity index (χ0) is 25.4. The molecule has 0 aliphatic carbocycles. The second-order valence-corrected chi connectivity index (χ2v) is 13.0. The van der Waals surface area contributed by atoms with Crippen molar-refractivity contribution in [3.05, 3.63) is 29.3 Å². The Balaban J connectivity index is 2.02. The van der Waals surface area contributed by atoms with Gasteiger partial charge in [0, 0.05) is 11.1 Å². The van der Waals surface area contributed by atoms with E-state index in [0.29, 0.717) is 0 Å². The molecule has 194 valence electrons. The molecule has 0 amide bonds. The second-order valence-electron chi connectivity index (χ2n) is 13.0. The molecule has 0 saturated carbocycles. The van der Waals surface area contributed by atoms with Crippen LogP contribution in [-0.4, -0.2) is 12.2 Å². The van der Waals surface area contributed by atoms with Gasteiger partial charge >= 0.3 is 0 Å². The van der Waals surface area contributed by atoms with Crippen molar-refractivity contribution in [2.24, 2.45) is 5.41 Å². The highest BCUT2D eigenvalue weighted by Gasteiger charge is 2.33. The quantitative estimate of drug-likeness (QED) is 0.252. The third-order valence-electron chi connectivity index (χ3n) is 6.90. The van der Waals surface area contributed by atoms with E-state index in [9.17, 15) is 0 Å². The minimum atomic E-state index is -0.277. The van der Waals surface area contributed by atoms with Crippen LogP contribution in [0.25, 0.3) is 5.57 Å². The summed E-state index contributed by atoms with van der Waals surface area (Å²) in [5.74, 6) is 2.04. The molecule has 1 aliphatic rings. The maximum absolute atomic E-state index is 6.49. The van der Waals surface area contributed by atoms with E-state index in [1.165, 1.54) is 74.5 Å². The molecule has 1 aromatic rings. The van der Waals surface area contributed by atoms with Crippen molar-refractivity contribution >= 4 is 5.57 Å². The summed E-state index contributed by atoms with van der Waals surface area (Å²) in [4.78, 5) is 0. The van der Waals surface area contributed by atoms with Gasteiger partial charge in [-0.2, -0.15) is 0 Å². The van der Waals surface area contributed by atoms with E-state index in [1.807, 2.05) is 0 Å². The van der Waals surface area contributed by atoms with E-state index in [-0.39, 0.29) is 16.4 Å². The predicted octanol–water partition coefficient (Wildman–Crippen LogP) is 10.3. The van der Waals surface area contributed by atoms with Crippen LogP contribution in [-0.2, 0) is 5.41 Å². The van der Waals surface area contributed by atoms with E-state index < -0.39 is 0 Å². The minimum Gasteiger partial charge on any atom is -0.493 e. The third-order valence-corrected chi connectivity index (χ3v) is 6.90. The Morgan fingerprint density at radius 3 is 1.94 bits per heavy atom. The molecule has 34 heavy (non-hydrogen) atoms. The molecule has 1 aromatic carbocycles. The van der Waals surface area contributed by atoms with Crippen LogP contribution in [0.3, 0.4) is 0 Å². The molecule has 0 radical (unpaired) electrons. The molecule has 2 rings (SSSR count). The van der Waals surface area contributed by atoms with Crippen molar-refractivity contribution in [1.29, 1.82) is 0 Å². The standard InChI is InChI=1S/C32H54O2/c1-10-11-12-13-14-15-16-17-18-19-20-33-29-21-26-25(2)23-32(8,9)34-28(26)22-27(29)31(6,7)24-30(3,4)5/h21-23H,10-20,24H2,1-9H3. The van der Waals surface area contributed by atoms with Gasteiger partial charge in [-0.3, -0.25) is 0 Å². The zero-order valence-electron chi connectivity index (χ0n) is 24.0. The molecule has 2 heteroatoms. The lowest BCUT2D eigenvalue weighted by Gasteiger charge is -2.36. The number of allylic oxidation sites excluding steroid dienone is 1. The SMILES string of the molecule is CCCCCCCCCCCCOc1cc2c(cc1C(C)(C)CC(C)(C)C)OC(C)(C)C=C2C. The lowest BCUT2D eigenvalue weighted by molar-refractivity contribution is 0.157. The normalized spacial score (nSPS) is 15.5. The van der Waals surface area contributed by atoms with Crippen LogP contribution in [0.5, 0.6) is 11.5 Å². The fourth-order valence-electron chi connectivity index (χ4n) is 5.71. The number of benzene rings is 1. The van der Waals surface area contributed by atoms with Gasteiger partial charge in [0.2, 0.25) is 0 Å². The van der Waals surface area contributed by atoms with E-state index in [4.69, 9.17) is 9.47 Å². The summed E-state index contributed by atoms with van der Waals surface area (Å²) < 4.78 is 12.9. The molecular weight excluding hydrogens is 416 g/mol.